The molecule has 2 N–H and O–H groups in total. The molecule has 1 aromatic carbocycles. The minimum Gasteiger partial charge on any atom is -0.495 e. The average molecular weight is 625 g/mol. The predicted octanol–water partition coefficient (Wildman–Crippen LogP) is 7.61. The van der Waals surface area contributed by atoms with Crippen LogP contribution in [0.15, 0.2) is 18.2 Å². The third-order valence-electron chi connectivity index (χ3n) is 7.86. The molecule has 43 heavy (non-hydrogen) atoms. The van der Waals surface area contributed by atoms with Crippen molar-refractivity contribution in [1.29, 1.82) is 0 Å². The zero-order valence-electron chi connectivity index (χ0n) is 27.2. The lowest BCUT2D eigenvalue weighted by Gasteiger charge is -2.41. The highest BCUT2D eigenvalue weighted by Crippen LogP contribution is 2.33. The SMILES string of the molecule is CCCCCCCCCCCCCCCCS(=O)(=O)Nc1ccc(OC)c(NC(=O)C(=O)CC2(C)COC(C)(C)OC2)c1. The van der Waals surface area contributed by atoms with Crippen LogP contribution in [0.3, 0.4) is 0 Å². The van der Waals surface area contributed by atoms with Crippen molar-refractivity contribution < 1.29 is 32.2 Å². The van der Waals surface area contributed by atoms with Gasteiger partial charge in [-0.05, 0) is 38.5 Å². The van der Waals surface area contributed by atoms with Gasteiger partial charge in [0.05, 0.1) is 37.5 Å². The van der Waals surface area contributed by atoms with E-state index < -0.39 is 32.9 Å². The fraction of sp³-hybridized carbons (Fsp3) is 0.758. The summed E-state index contributed by atoms with van der Waals surface area (Å²) < 4.78 is 44.7. The number of amides is 1. The van der Waals surface area contributed by atoms with Gasteiger partial charge in [0, 0.05) is 11.8 Å². The number of nitrogens with one attached hydrogen (secondary N) is 2. The van der Waals surface area contributed by atoms with E-state index in [1.165, 1.54) is 77.4 Å². The van der Waals surface area contributed by atoms with Crippen LogP contribution in [0.1, 0.15) is 124 Å². The van der Waals surface area contributed by atoms with Crippen molar-refractivity contribution in [3.05, 3.63) is 18.2 Å². The summed E-state index contributed by atoms with van der Waals surface area (Å²) in [5.74, 6) is -1.82. The molecule has 0 radical (unpaired) electrons. The molecule has 0 bridgehead atoms. The van der Waals surface area contributed by atoms with Crippen molar-refractivity contribution in [1.82, 2.24) is 0 Å². The molecule has 1 aliphatic heterocycles. The molecular formula is C33H56N2O7S. The van der Waals surface area contributed by atoms with Crippen molar-refractivity contribution in [2.45, 2.75) is 130 Å². The van der Waals surface area contributed by atoms with E-state index in [-0.39, 0.29) is 23.5 Å². The van der Waals surface area contributed by atoms with Crippen LogP contribution in [0.4, 0.5) is 11.4 Å². The Bertz CT molecular complexity index is 1090. The zero-order chi connectivity index (χ0) is 31.8. The lowest BCUT2D eigenvalue weighted by Crippen LogP contribution is -2.46. The molecule has 10 heteroatoms. The highest BCUT2D eigenvalue weighted by atomic mass is 32.2. The Morgan fingerprint density at radius 1 is 0.837 bits per heavy atom. The summed E-state index contributed by atoms with van der Waals surface area (Å²) in [5, 5.41) is 2.58. The van der Waals surface area contributed by atoms with E-state index in [1.807, 2.05) is 6.92 Å². The number of benzene rings is 1. The summed E-state index contributed by atoms with van der Waals surface area (Å²) in [4.78, 5) is 25.5. The number of carbonyl (C=O) groups excluding carboxylic acids is 2. The number of sulfonamides is 1. The molecule has 1 aliphatic rings. The number of carbonyl (C=O) groups is 2. The van der Waals surface area contributed by atoms with Crippen molar-refractivity contribution in [2.24, 2.45) is 5.41 Å². The zero-order valence-corrected chi connectivity index (χ0v) is 28.0. The summed E-state index contributed by atoms with van der Waals surface area (Å²) in [7, 11) is -2.13. The fourth-order valence-electron chi connectivity index (χ4n) is 5.13. The molecule has 0 saturated carbocycles. The van der Waals surface area contributed by atoms with Gasteiger partial charge >= 0.3 is 0 Å². The number of unbranched alkanes of at least 4 members (excludes halogenated alkanes) is 13. The Labute approximate surface area is 260 Å². The number of hydrogen-bond donors (Lipinski definition) is 2. The highest BCUT2D eigenvalue weighted by Gasteiger charge is 2.39. The maximum absolute atomic E-state index is 12.7. The lowest BCUT2D eigenvalue weighted by molar-refractivity contribution is -0.282. The van der Waals surface area contributed by atoms with Gasteiger partial charge in [0.1, 0.15) is 5.75 Å². The summed E-state index contributed by atoms with van der Waals surface area (Å²) in [6, 6.07) is 4.58. The minimum absolute atomic E-state index is 0.0246. The Hall–Kier alpha value is -2.17. The molecule has 1 aromatic rings. The average Bonchev–Trinajstić information content (AvgIpc) is 2.95. The monoisotopic (exact) mass is 624 g/mol. The molecule has 246 valence electrons. The quantitative estimate of drug-likeness (QED) is 0.101. The first-order chi connectivity index (χ1) is 20.4. The summed E-state index contributed by atoms with van der Waals surface area (Å²) in [5.41, 5.74) is -0.129. The van der Waals surface area contributed by atoms with E-state index in [1.54, 1.807) is 26.0 Å². The van der Waals surface area contributed by atoms with Gasteiger partial charge in [0.15, 0.2) is 5.79 Å². The van der Waals surface area contributed by atoms with Crippen LogP contribution in [0, 0.1) is 5.41 Å². The Morgan fingerprint density at radius 2 is 1.35 bits per heavy atom. The van der Waals surface area contributed by atoms with Crippen molar-refractivity contribution >= 4 is 33.1 Å². The van der Waals surface area contributed by atoms with Crippen LogP contribution in [0.25, 0.3) is 0 Å². The first kappa shape index (κ1) is 37.0. The van der Waals surface area contributed by atoms with Crippen LogP contribution in [-0.4, -0.2) is 52.0 Å². The van der Waals surface area contributed by atoms with Gasteiger partial charge in [-0.15, -0.1) is 0 Å². The second kappa shape index (κ2) is 18.6. The molecule has 0 aliphatic carbocycles. The van der Waals surface area contributed by atoms with Crippen molar-refractivity contribution in [3.8, 4) is 5.75 Å². The predicted molar refractivity (Wildman–Crippen MR) is 173 cm³/mol. The number of hydrogen-bond acceptors (Lipinski definition) is 7. The number of Topliss-reactive ketones (excluding diaryl/α,β-unsaturated/α-hetero) is 1. The second-order valence-corrected chi connectivity index (χ2v) is 14.6. The number of rotatable bonds is 22. The molecule has 0 atom stereocenters. The highest BCUT2D eigenvalue weighted by molar-refractivity contribution is 7.92. The molecule has 9 nitrogen and oxygen atoms in total. The van der Waals surface area contributed by atoms with Gasteiger partial charge in [-0.2, -0.15) is 0 Å². The maximum Gasteiger partial charge on any atom is 0.291 e. The third-order valence-corrected chi connectivity index (χ3v) is 9.24. The topological polar surface area (TPSA) is 120 Å². The maximum atomic E-state index is 12.7. The first-order valence-electron chi connectivity index (χ1n) is 16.2. The molecule has 1 saturated heterocycles. The van der Waals surface area contributed by atoms with Gasteiger partial charge in [0.25, 0.3) is 5.91 Å². The normalized spacial score (nSPS) is 16.0. The number of ketones is 1. The Morgan fingerprint density at radius 3 is 1.86 bits per heavy atom. The molecule has 1 heterocycles. The van der Waals surface area contributed by atoms with Gasteiger partial charge < -0.3 is 19.5 Å². The van der Waals surface area contributed by atoms with Crippen LogP contribution in [0.2, 0.25) is 0 Å². The molecule has 0 unspecified atom stereocenters. The van der Waals surface area contributed by atoms with Crippen molar-refractivity contribution in [3.63, 3.8) is 0 Å². The van der Waals surface area contributed by atoms with Crippen LogP contribution >= 0.6 is 0 Å². The van der Waals surface area contributed by atoms with E-state index in [0.29, 0.717) is 25.4 Å². The standard InChI is InChI=1S/C33H56N2O7S/c1-6-7-8-9-10-11-12-13-14-15-16-17-18-19-22-43(38,39)35-27-20-21-30(40-5)28(23-27)34-31(37)29(36)24-33(4)25-41-32(2,3)42-26-33/h20-21,23,35H,6-19,22,24-26H2,1-5H3,(H,34,37). The van der Waals surface area contributed by atoms with Gasteiger partial charge in [-0.1, -0.05) is 97.3 Å². The van der Waals surface area contributed by atoms with Gasteiger partial charge in [-0.25, -0.2) is 8.42 Å². The lowest BCUT2D eigenvalue weighted by atomic mass is 9.85. The van der Waals surface area contributed by atoms with Gasteiger partial charge in [0.2, 0.25) is 15.8 Å². The first-order valence-corrected chi connectivity index (χ1v) is 17.8. The molecule has 2 rings (SSSR count). The summed E-state index contributed by atoms with van der Waals surface area (Å²) >= 11 is 0. The Balaban J connectivity index is 1.72. The molecule has 1 fully saturated rings. The van der Waals surface area contributed by atoms with Crippen molar-refractivity contribution in [2.75, 3.05) is 36.1 Å². The largest absolute Gasteiger partial charge is 0.495 e. The third kappa shape index (κ3) is 14.9. The van der Waals surface area contributed by atoms with E-state index in [0.717, 1.165) is 19.3 Å². The van der Waals surface area contributed by atoms with Crippen LogP contribution in [0.5, 0.6) is 5.75 Å². The Kier molecular flexibility index (Phi) is 16.0. The molecular weight excluding hydrogens is 568 g/mol. The van der Waals surface area contributed by atoms with E-state index in [2.05, 4.69) is 17.0 Å². The number of ether oxygens (including phenoxy) is 3. The number of methoxy groups -OCH3 is 1. The van der Waals surface area contributed by atoms with Crippen LogP contribution in [-0.2, 0) is 29.1 Å². The van der Waals surface area contributed by atoms with Crippen LogP contribution < -0.4 is 14.8 Å². The molecule has 1 amide bonds. The fourth-order valence-corrected chi connectivity index (χ4v) is 6.30. The smallest absolute Gasteiger partial charge is 0.291 e. The summed E-state index contributed by atoms with van der Waals surface area (Å²) in [6.07, 6.45) is 16.8. The summed E-state index contributed by atoms with van der Waals surface area (Å²) in [6.45, 7) is 8.26. The minimum atomic E-state index is -3.57. The van der Waals surface area contributed by atoms with Gasteiger partial charge in [-0.3, -0.25) is 14.3 Å². The van der Waals surface area contributed by atoms with E-state index >= 15 is 0 Å². The van der Waals surface area contributed by atoms with E-state index in [9.17, 15) is 18.0 Å². The number of anilines is 2. The second-order valence-electron chi connectivity index (χ2n) is 12.8. The van der Waals surface area contributed by atoms with E-state index in [4.69, 9.17) is 14.2 Å². The molecule has 0 aromatic heterocycles. The molecule has 0 spiro atoms.